The first-order chi connectivity index (χ1) is 5.94. The number of carboxylic acid groups (broad SMARTS) is 1. The highest BCUT2D eigenvalue weighted by Crippen LogP contribution is 2.21. The molecule has 1 aliphatic rings. The monoisotopic (exact) mass is 185 g/mol. The standard InChI is InChI=1S/C9H15NO3/c1-9(2,8(12)13)7(11)10-6-4-3-5-6/h6H,3-5H2,1-2H3,(H,10,11)(H,12,13). The van der Waals surface area contributed by atoms with Gasteiger partial charge in [0.25, 0.3) is 0 Å². The van der Waals surface area contributed by atoms with Gasteiger partial charge in [-0.05, 0) is 33.1 Å². The van der Waals surface area contributed by atoms with Crippen LogP contribution in [0.5, 0.6) is 0 Å². The molecule has 1 aliphatic carbocycles. The van der Waals surface area contributed by atoms with E-state index in [4.69, 9.17) is 5.11 Å². The van der Waals surface area contributed by atoms with E-state index in [1.165, 1.54) is 13.8 Å². The number of nitrogens with one attached hydrogen (secondary N) is 1. The molecule has 0 aliphatic heterocycles. The highest BCUT2D eigenvalue weighted by atomic mass is 16.4. The molecule has 0 bridgehead atoms. The Morgan fingerprint density at radius 1 is 1.38 bits per heavy atom. The molecule has 0 saturated heterocycles. The normalized spacial score (nSPS) is 17.7. The third-order valence-corrected chi connectivity index (χ3v) is 2.54. The Hall–Kier alpha value is -1.06. The quantitative estimate of drug-likeness (QED) is 0.638. The van der Waals surface area contributed by atoms with E-state index in [-0.39, 0.29) is 11.9 Å². The molecule has 1 fully saturated rings. The van der Waals surface area contributed by atoms with E-state index in [1.54, 1.807) is 0 Å². The molecule has 0 unspecified atom stereocenters. The second kappa shape index (κ2) is 3.36. The summed E-state index contributed by atoms with van der Waals surface area (Å²) >= 11 is 0. The van der Waals surface area contributed by atoms with Gasteiger partial charge in [-0.1, -0.05) is 0 Å². The van der Waals surface area contributed by atoms with E-state index in [2.05, 4.69) is 5.32 Å². The molecule has 0 atom stereocenters. The Labute approximate surface area is 77.3 Å². The van der Waals surface area contributed by atoms with E-state index in [0.29, 0.717) is 0 Å². The van der Waals surface area contributed by atoms with Crippen molar-refractivity contribution in [3.05, 3.63) is 0 Å². The third kappa shape index (κ3) is 1.99. The van der Waals surface area contributed by atoms with Crippen LogP contribution in [0.3, 0.4) is 0 Å². The average Bonchev–Trinajstić information content (AvgIpc) is 1.95. The van der Waals surface area contributed by atoms with Crippen molar-refractivity contribution in [3.8, 4) is 0 Å². The SMILES string of the molecule is CC(C)(C(=O)O)C(=O)NC1CCC1. The van der Waals surface area contributed by atoms with Gasteiger partial charge in [0.05, 0.1) is 0 Å². The molecule has 0 spiro atoms. The molecule has 0 heterocycles. The van der Waals surface area contributed by atoms with E-state index >= 15 is 0 Å². The lowest BCUT2D eigenvalue weighted by Gasteiger charge is -2.29. The smallest absolute Gasteiger partial charge is 0.318 e. The molecule has 1 amide bonds. The van der Waals surface area contributed by atoms with Gasteiger partial charge in [0.1, 0.15) is 5.41 Å². The predicted octanol–water partition coefficient (Wildman–Crippen LogP) is 0.766. The van der Waals surface area contributed by atoms with Crippen LogP contribution >= 0.6 is 0 Å². The maximum atomic E-state index is 11.4. The Bertz CT molecular complexity index is 231. The van der Waals surface area contributed by atoms with Gasteiger partial charge < -0.3 is 10.4 Å². The van der Waals surface area contributed by atoms with Gasteiger partial charge in [-0.15, -0.1) is 0 Å². The highest BCUT2D eigenvalue weighted by molar-refractivity contribution is 6.01. The predicted molar refractivity (Wildman–Crippen MR) is 47.2 cm³/mol. The molecule has 0 aromatic heterocycles. The van der Waals surface area contributed by atoms with Crippen molar-refractivity contribution >= 4 is 11.9 Å². The van der Waals surface area contributed by atoms with Gasteiger partial charge in [-0.2, -0.15) is 0 Å². The van der Waals surface area contributed by atoms with Gasteiger partial charge in [-0.25, -0.2) is 0 Å². The van der Waals surface area contributed by atoms with Gasteiger partial charge in [0.2, 0.25) is 5.91 Å². The number of carboxylic acids is 1. The van der Waals surface area contributed by atoms with Gasteiger partial charge in [0, 0.05) is 6.04 Å². The van der Waals surface area contributed by atoms with E-state index in [0.717, 1.165) is 19.3 Å². The summed E-state index contributed by atoms with van der Waals surface area (Å²) in [6.45, 7) is 2.84. The molecule has 74 valence electrons. The van der Waals surface area contributed by atoms with Gasteiger partial charge >= 0.3 is 5.97 Å². The van der Waals surface area contributed by atoms with Crippen LogP contribution in [0.15, 0.2) is 0 Å². The minimum absolute atomic E-state index is 0.200. The van der Waals surface area contributed by atoms with Crippen LogP contribution in [0, 0.1) is 5.41 Å². The lowest BCUT2D eigenvalue weighted by atomic mass is 9.88. The number of carbonyl (C=O) groups is 2. The van der Waals surface area contributed by atoms with Crippen molar-refractivity contribution < 1.29 is 14.7 Å². The molecule has 4 heteroatoms. The first-order valence-electron chi connectivity index (χ1n) is 4.49. The zero-order chi connectivity index (χ0) is 10.1. The molecule has 13 heavy (non-hydrogen) atoms. The van der Waals surface area contributed by atoms with Gasteiger partial charge in [0.15, 0.2) is 0 Å². The summed E-state index contributed by atoms with van der Waals surface area (Å²) in [6.07, 6.45) is 3.07. The minimum Gasteiger partial charge on any atom is -0.480 e. The largest absolute Gasteiger partial charge is 0.480 e. The zero-order valence-corrected chi connectivity index (χ0v) is 7.96. The zero-order valence-electron chi connectivity index (χ0n) is 7.96. The summed E-state index contributed by atoms with van der Waals surface area (Å²) in [4.78, 5) is 22.1. The fourth-order valence-electron chi connectivity index (χ4n) is 1.02. The summed E-state index contributed by atoms with van der Waals surface area (Å²) in [6, 6.07) is 0.200. The van der Waals surface area contributed by atoms with E-state index in [1.807, 2.05) is 0 Å². The van der Waals surface area contributed by atoms with Crippen LogP contribution < -0.4 is 5.32 Å². The highest BCUT2D eigenvalue weighted by Gasteiger charge is 2.37. The fraction of sp³-hybridized carbons (Fsp3) is 0.778. The van der Waals surface area contributed by atoms with Crippen molar-refractivity contribution in [2.75, 3.05) is 0 Å². The molecule has 1 rings (SSSR count). The molecule has 2 N–H and O–H groups in total. The molecular weight excluding hydrogens is 170 g/mol. The fourth-order valence-corrected chi connectivity index (χ4v) is 1.02. The minimum atomic E-state index is -1.31. The number of carbonyl (C=O) groups excluding carboxylic acids is 1. The Morgan fingerprint density at radius 3 is 2.23 bits per heavy atom. The van der Waals surface area contributed by atoms with Crippen molar-refractivity contribution in [3.63, 3.8) is 0 Å². The molecule has 4 nitrogen and oxygen atoms in total. The van der Waals surface area contributed by atoms with E-state index in [9.17, 15) is 9.59 Å². The van der Waals surface area contributed by atoms with E-state index < -0.39 is 11.4 Å². The number of amides is 1. The van der Waals surface area contributed by atoms with Crippen LogP contribution in [-0.2, 0) is 9.59 Å². The van der Waals surface area contributed by atoms with Crippen LogP contribution in [-0.4, -0.2) is 23.0 Å². The lowest BCUT2D eigenvalue weighted by molar-refractivity contribution is -0.153. The van der Waals surface area contributed by atoms with Gasteiger partial charge in [-0.3, -0.25) is 9.59 Å². The number of hydrogen-bond acceptors (Lipinski definition) is 2. The molecule has 1 saturated carbocycles. The summed E-state index contributed by atoms with van der Waals surface area (Å²) in [5.41, 5.74) is -1.31. The maximum absolute atomic E-state index is 11.4. The first-order valence-corrected chi connectivity index (χ1v) is 4.49. The van der Waals surface area contributed by atoms with Crippen LogP contribution in [0.2, 0.25) is 0 Å². The Kier molecular flexibility index (Phi) is 2.59. The lowest BCUT2D eigenvalue weighted by Crippen LogP contribution is -2.48. The summed E-state index contributed by atoms with van der Waals surface area (Å²) < 4.78 is 0. The van der Waals surface area contributed by atoms with Crippen LogP contribution in [0.1, 0.15) is 33.1 Å². The third-order valence-electron chi connectivity index (χ3n) is 2.54. The average molecular weight is 185 g/mol. The first kappa shape index (κ1) is 10.0. The molecule has 0 radical (unpaired) electrons. The van der Waals surface area contributed by atoms with Crippen molar-refractivity contribution in [1.82, 2.24) is 5.32 Å². The van der Waals surface area contributed by atoms with Crippen LogP contribution in [0.25, 0.3) is 0 Å². The molecular formula is C9H15NO3. The van der Waals surface area contributed by atoms with Crippen LogP contribution in [0.4, 0.5) is 0 Å². The molecule has 0 aromatic rings. The second-order valence-electron chi connectivity index (χ2n) is 4.03. The summed E-state index contributed by atoms with van der Waals surface area (Å²) in [5.74, 6) is -1.46. The number of rotatable bonds is 3. The Balaban J connectivity index is 2.50. The Morgan fingerprint density at radius 2 is 1.92 bits per heavy atom. The van der Waals surface area contributed by atoms with Crippen molar-refractivity contribution in [1.29, 1.82) is 0 Å². The summed E-state index contributed by atoms with van der Waals surface area (Å²) in [5, 5.41) is 11.5. The second-order valence-corrected chi connectivity index (χ2v) is 4.03. The van der Waals surface area contributed by atoms with Crippen molar-refractivity contribution in [2.45, 2.75) is 39.2 Å². The molecule has 0 aromatic carbocycles. The van der Waals surface area contributed by atoms with Crippen molar-refractivity contribution in [2.24, 2.45) is 5.41 Å². The number of hydrogen-bond donors (Lipinski definition) is 2. The topological polar surface area (TPSA) is 66.4 Å². The number of aliphatic carboxylic acids is 1. The summed E-state index contributed by atoms with van der Waals surface area (Å²) in [7, 11) is 0. The maximum Gasteiger partial charge on any atom is 0.318 e.